The van der Waals surface area contributed by atoms with E-state index in [1.165, 1.54) is 167 Å². The third-order valence-corrected chi connectivity index (χ3v) is 10.4. The topological polar surface area (TPSA) is 104 Å². The van der Waals surface area contributed by atoms with Gasteiger partial charge in [0.1, 0.15) is 0 Å². The molecular weight excluding hydrogens is 631 g/mol. The molecule has 0 saturated carbocycles. The van der Waals surface area contributed by atoms with Gasteiger partial charge in [-0.3, -0.25) is 9.35 Å². The predicted octanol–water partition coefficient (Wildman–Crippen LogP) is 12.4. The van der Waals surface area contributed by atoms with Gasteiger partial charge in [0.15, 0.2) is 0 Å². The SMILES string of the molecule is CCCCCCCCCCC/C=C/CC/C=C/C(O)C(CS(=O)(=O)O)NC(=O)CCCCCCCCCCCCCCCCCCCCC. The molecule has 0 saturated heterocycles. The summed E-state index contributed by atoms with van der Waals surface area (Å²) in [6.45, 7) is 4.53. The van der Waals surface area contributed by atoms with E-state index in [0.29, 0.717) is 6.42 Å². The molecule has 3 N–H and O–H groups in total. The number of carbonyl (C=O) groups excluding carboxylic acids is 1. The van der Waals surface area contributed by atoms with Crippen molar-refractivity contribution in [3.63, 3.8) is 0 Å². The maximum atomic E-state index is 12.5. The highest BCUT2D eigenvalue weighted by atomic mass is 32.2. The molecule has 0 aliphatic rings. The van der Waals surface area contributed by atoms with Crippen LogP contribution in [-0.4, -0.2) is 41.9 Å². The van der Waals surface area contributed by atoms with Crippen LogP contribution in [-0.2, 0) is 14.9 Å². The van der Waals surface area contributed by atoms with E-state index in [1.54, 1.807) is 0 Å². The molecule has 49 heavy (non-hydrogen) atoms. The number of aliphatic hydroxyl groups excluding tert-OH is 1. The zero-order valence-corrected chi connectivity index (χ0v) is 33.1. The Morgan fingerprint density at radius 3 is 1.29 bits per heavy atom. The van der Waals surface area contributed by atoms with Gasteiger partial charge in [-0.15, -0.1) is 0 Å². The van der Waals surface area contributed by atoms with Crippen LogP contribution in [0.15, 0.2) is 24.3 Å². The highest BCUT2D eigenvalue weighted by molar-refractivity contribution is 7.85. The second-order valence-electron chi connectivity index (χ2n) is 14.6. The smallest absolute Gasteiger partial charge is 0.267 e. The third-order valence-electron chi connectivity index (χ3n) is 9.63. The van der Waals surface area contributed by atoms with Crippen molar-refractivity contribution in [3.8, 4) is 0 Å². The minimum atomic E-state index is -4.35. The maximum Gasteiger partial charge on any atom is 0.267 e. The summed E-state index contributed by atoms with van der Waals surface area (Å²) in [6, 6.07) is -1.07. The molecule has 0 spiro atoms. The first-order valence-electron chi connectivity index (χ1n) is 21.0. The lowest BCUT2D eigenvalue weighted by molar-refractivity contribution is -0.122. The summed E-state index contributed by atoms with van der Waals surface area (Å²) in [7, 11) is -4.35. The molecule has 2 unspecified atom stereocenters. The van der Waals surface area contributed by atoms with Crippen LogP contribution < -0.4 is 5.32 Å². The number of amides is 1. The van der Waals surface area contributed by atoms with Gasteiger partial charge in [0.25, 0.3) is 10.1 Å². The molecular formula is C42H81NO5S. The Hall–Kier alpha value is -1.18. The van der Waals surface area contributed by atoms with Gasteiger partial charge >= 0.3 is 0 Å². The number of hydrogen-bond donors (Lipinski definition) is 3. The summed E-state index contributed by atoms with van der Waals surface area (Å²) in [5.74, 6) is -0.991. The Labute approximate surface area is 304 Å². The molecule has 0 aromatic heterocycles. The normalized spacial score (nSPS) is 13.5. The molecule has 0 rings (SSSR count). The number of allylic oxidation sites excluding steroid dienone is 3. The Bertz CT molecular complexity index is 872. The zero-order valence-electron chi connectivity index (χ0n) is 32.3. The van der Waals surface area contributed by atoms with Crippen molar-refractivity contribution >= 4 is 16.0 Å². The van der Waals surface area contributed by atoms with Crippen molar-refractivity contribution in [2.24, 2.45) is 0 Å². The first-order valence-corrected chi connectivity index (χ1v) is 22.6. The van der Waals surface area contributed by atoms with Crippen LogP contribution in [0.4, 0.5) is 0 Å². The quantitative estimate of drug-likeness (QED) is 0.0336. The third kappa shape index (κ3) is 37.9. The van der Waals surface area contributed by atoms with E-state index in [9.17, 15) is 22.9 Å². The van der Waals surface area contributed by atoms with Crippen LogP contribution >= 0.6 is 0 Å². The summed E-state index contributed by atoms with van der Waals surface area (Å²) in [4.78, 5) is 12.5. The number of nitrogens with one attached hydrogen (secondary N) is 1. The van der Waals surface area contributed by atoms with E-state index in [-0.39, 0.29) is 5.91 Å². The first kappa shape index (κ1) is 47.8. The highest BCUT2D eigenvalue weighted by Crippen LogP contribution is 2.15. The lowest BCUT2D eigenvalue weighted by Gasteiger charge is -2.21. The van der Waals surface area contributed by atoms with Crippen molar-refractivity contribution in [1.29, 1.82) is 0 Å². The van der Waals surface area contributed by atoms with E-state index in [1.807, 2.05) is 6.08 Å². The summed E-state index contributed by atoms with van der Waals surface area (Å²) in [5.41, 5.74) is 0. The number of rotatable bonds is 38. The molecule has 0 heterocycles. The lowest BCUT2D eigenvalue weighted by atomic mass is 10.0. The minimum Gasteiger partial charge on any atom is -0.387 e. The van der Waals surface area contributed by atoms with Crippen LogP contribution in [0.3, 0.4) is 0 Å². The average molecular weight is 712 g/mol. The van der Waals surface area contributed by atoms with E-state index in [2.05, 4.69) is 31.3 Å². The van der Waals surface area contributed by atoms with E-state index < -0.39 is 28.0 Å². The Balaban J connectivity index is 3.90. The number of aliphatic hydroxyl groups is 1. The van der Waals surface area contributed by atoms with E-state index in [4.69, 9.17) is 0 Å². The lowest BCUT2D eigenvalue weighted by Crippen LogP contribution is -2.46. The van der Waals surface area contributed by atoms with Crippen molar-refractivity contribution in [3.05, 3.63) is 24.3 Å². The van der Waals surface area contributed by atoms with Crippen LogP contribution in [0, 0.1) is 0 Å². The first-order chi connectivity index (χ1) is 23.8. The summed E-state index contributed by atoms with van der Waals surface area (Å²) in [6.07, 6.45) is 46.0. The van der Waals surface area contributed by atoms with Crippen LogP contribution in [0.25, 0.3) is 0 Å². The molecule has 1 amide bonds. The van der Waals surface area contributed by atoms with Gasteiger partial charge in [0.05, 0.1) is 17.9 Å². The van der Waals surface area contributed by atoms with Crippen molar-refractivity contribution in [1.82, 2.24) is 5.32 Å². The average Bonchev–Trinajstić information content (AvgIpc) is 3.06. The number of unbranched alkanes of at least 4 members (excludes halogenated alkanes) is 28. The number of carbonyl (C=O) groups is 1. The predicted molar refractivity (Wildman–Crippen MR) is 212 cm³/mol. The fraction of sp³-hybridized carbons (Fsp3) is 0.881. The monoisotopic (exact) mass is 712 g/mol. The van der Waals surface area contributed by atoms with Gasteiger partial charge in [0, 0.05) is 6.42 Å². The summed E-state index contributed by atoms with van der Waals surface area (Å²) < 4.78 is 32.5. The molecule has 0 aliphatic carbocycles. The van der Waals surface area contributed by atoms with Crippen LogP contribution in [0.2, 0.25) is 0 Å². The van der Waals surface area contributed by atoms with Gasteiger partial charge < -0.3 is 10.4 Å². The minimum absolute atomic E-state index is 0.285. The van der Waals surface area contributed by atoms with Gasteiger partial charge in [-0.2, -0.15) is 8.42 Å². The maximum absolute atomic E-state index is 12.5. The summed E-state index contributed by atoms with van der Waals surface area (Å²) >= 11 is 0. The molecule has 0 aromatic rings. The van der Waals surface area contributed by atoms with Gasteiger partial charge in [-0.05, 0) is 32.1 Å². The van der Waals surface area contributed by atoms with E-state index in [0.717, 1.165) is 38.5 Å². The van der Waals surface area contributed by atoms with Crippen molar-refractivity contribution in [2.45, 2.75) is 231 Å². The molecule has 0 fully saturated rings. The second kappa shape index (κ2) is 36.6. The molecule has 0 aliphatic heterocycles. The zero-order chi connectivity index (χ0) is 36.1. The molecule has 0 bridgehead atoms. The highest BCUT2D eigenvalue weighted by Gasteiger charge is 2.24. The fourth-order valence-electron chi connectivity index (χ4n) is 6.47. The second-order valence-corrected chi connectivity index (χ2v) is 16.1. The molecule has 0 aromatic carbocycles. The van der Waals surface area contributed by atoms with Gasteiger partial charge in [-0.25, -0.2) is 0 Å². The van der Waals surface area contributed by atoms with Gasteiger partial charge in [0.2, 0.25) is 5.91 Å². The van der Waals surface area contributed by atoms with Gasteiger partial charge in [-0.1, -0.05) is 205 Å². The van der Waals surface area contributed by atoms with Crippen LogP contribution in [0.1, 0.15) is 219 Å². The summed E-state index contributed by atoms with van der Waals surface area (Å²) in [5, 5.41) is 13.2. The Morgan fingerprint density at radius 2 is 0.878 bits per heavy atom. The Morgan fingerprint density at radius 1 is 0.531 bits per heavy atom. The van der Waals surface area contributed by atoms with Crippen LogP contribution in [0.5, 0.6) is 0 Å². The molecule has 2 atom stereocenters. The standard InChI is InChI=1S/C42H81NO5S/c1-3-5-7-9-11-13-15-17-19-20-21-22-24-26-28-30-32-34-36-38-42(45)43-40(39-49(46,47)48)41(44)37-35-33-31-29-27-25-23-18-16-14-12-10-8-6-4-2/h27,29,35,37,40-41,44H,3-26,28,30-34,36,38-39H2,1-2H3,(H,43,45)(H,46,47,48)/b29-27+,37-35+. The van der Waals surface area contributed by atoms with E-state index >= 15 is 0 Å². The Kier molecular flexibility index (Phi) is 35.7. The molecule has 0 radical (unpaired) electrons. The van der Waals surface area contributed by atoms with Crippen molar-refractivity contribution < 1.29 is 22.9 Å². The molecule has 7 heteroatoms. The number of hydrogen-bond acceptors (Lipinski definition) is 4. The van der Waals surface area contributed by atoms with Crippen molar-refractivity contribution in [2.75, 3.05) is 5.75 Å². The molecule has 290 valence electrons. The fourth-order valence-corrected chi connectivity index (χ4v) is 7.20. The molecule has 6 nitrogen and oxygen atoms in total. The largest absolute Gasteiger partial charge is 0.387 e.